The Morgan fingerprint density at radius 3 is 2.75 bits per heavy atom. The van der Waals surface area contributed by atoms with Crippen molar-refractivity contribution in [2.75, 3.05) is 24.6 Å². The molecule has 3 heterocycles. The van der Waals surface area contributed by atoms with E-state index >= 15 is 0 Å². The van der Waals surface area contributed by atoms with Gasteiger partial charge >= 0.3 is 0 Å². The Hall–Kier alpha value is -1.40. The summed E-state index contributed by atoms with van der Waals surface area (Å²) in [6.45, 7) is 2.00. The van der Waals surface area contributed by atoms with E-state index in [1.807, 2.05) is 30.3 Å². The highest BCUT2D eigenvalue weighted by Crippen LogP contribution is 2.36. The molecule has 1 aromatic carbocycles. The third kappa shape index (κ3) is 2.75. The first-order valence-corrected chi connectivity index (χ1v) is 8.77. The molecule has 5 nitrogen and oxygen atoms in total. The third-order valence-electron chi connectivity index (χ3n) is 5.28. The molecule has 2 N–H and O–H groups in total. The zero-order valence-corrected chi connectivity index (χ0v) is 14.1. The molecule has 4 rings (SSSR count). The Morgan fingerprint density at radius 1 is 1.17 bits per heavy atom. The van der Waals surface area contributed by atoms with Crippen LogP contribution in [0.3, 0.4) is 0 Å². The molecule has 2 aliphatic heterocycles. The second-order valence-electron chi connectivity index (χ2n) is 6.71. The van der Waals surface area contributed by atoms with Crippen molar-refractivity contribution in [1.29, 1.82) is 0 Å². The largest absolute Gasteiger partial charge is 0.390 e. The smallest absolute Gasteiger partial charge is 0.129 e. The van der Waals surface area contributed by atoms with Gasteiger partial charge in [-0.2, -0.15) is 0 Å². The summed E-state index contributed by atoms with van der Waals surface area (Å²) in [6.07, 6.45) is 0.382. The highest BCUT2D eigenvalue weighted by atomic mass is 35.5. The molecule has 128 valence electrons. The fourth-order valence-electron chi connectivity index (χ4n) is 3.79. The van der Waals surface area contributed by atoms with E-state index in [0.717, 1.165) is 29.8 Å². The van der Waals surface area contributed by atoms with Crippen molar-refractivity contribution < 1.29 is 14.9 Å². The van der Waals surface area contributed by atoms with E-state index in [1.165, 1.54) is 0 Å². The molecule has 0 aliphatic carbocycles. The van der Waals surface area contributed by atoms with Crippen LogP contribution in [0.1, 0.15) is 19.3 Å². The lowest BCUT2D eigenvalue weighted by molar-refractivity contribution is -0.205. The van der Waals surface area contributed by atoms with Crippen LogP contribution in [0.15, 0.2) is 30.3 Å². The molecule has 0 saturated carbocycles. The van der Waals surface area contributed by atoms with Crippen molar-refractivity contribution in [2.45, 2.75) is 37.1 Å². The summed E-state index contributed by atoms with van der Waals surface area (Å²) < 4.78 is 5.88. The molecule has 0 bridgehead atoms. The van der Waals surface area contributed by atoms with Gasteiger partial charge in [-0.25, -0.2) is 4.98 Å². The fourth-order valence-corrected chi connectivity index (χ4v) is 3.97. The van der Waals surface area contributed by atoms with Gasteiger partial charge in [-0.15, -0.1) is 0 Å². The normalized spacial score (nSPS) is 26.9. The van der Waals surface area contributed by atoms with E-state index in [4.69, 9.17) is 21.3 Å². The summed E-state index contributed by atoms with van der Waals surface area (Å²) in [7, 11) is 0. The Kier molecular flexibility index (Phi) is 4.12. The molecule has 2 aromatic rings. The standard InChI is InChI=1S/C18H21ClN2O3/c19-13-2-3-14-12(11-13)1-4-16(20-14)21-8-6-18(7-9-21)17(23)15(22)5-10-24-18/h1-4,11,15,17,22-23H,5-10H2/t15-,17-/m0/s1. The minimum Gasteiger partial charge on any atom is -0.390 e. The van der Waals surface area contributed by atoms with Crippen LogP contribution in [0.5, 0.6) is 0 Å². The minimum atomic E-state index is -0.805. The van der Waals surface area contributed by atoms with Crippen molar-refractivity contribution in [3.05, 3.63) is 35.4 Å². The van der Waals surface area contributed by atoms with Crippen LogP contribution in [0.4, 0.5) is 5.82 Å². The van der Waals surface area contributed by atoms with Gasteiger partial charge in [0.2, 0.25) is 0 Å². The number of nitrogens with zero attached hydrogens (tertiary/aromatic N) is 2. The van der Waals surface area contributed by atoms with Gasteiger partial charge in [0.25, 0.3) is 0 Å². The van der Waals surface area contributed by atoms with Gasteiger partial charge in [-0.1, -0.05) is 11.6 Å². The van der Waals surface area contributed by atoms with Crippen LogP contribution >= 0.6 is 11.6 Å². The molecule has 0 radical (unpaired) electrons. The van der Waals surface area contributed by atoms with Gasteiger partial charge in [-0.3, -0.25) is 0 Å². The van der Waals surface area contributed by atoms with E-state index in [-0.39, 0.29) is 0 Å². The first-order valence-electron chi connectivity index (χ1n) is 8.39. The van der Waals surface area contributed by atoms with Gasteiger partial charge in [-0.05, 0) is 49.6 Å². The van der Waals surface area contributed by atoms with Gasteiger partial charge in [0.1, 0.15) is 11.9 Å². The molecule has 6 heteroatoms. The number of pyridine rings is 1. The summed E-state index contributed by atoms with van der Waals surface area (Å²) in [6, 6.07) is 9.72. The number of aliphatic hydroxyl groups excluding tert-OH is 2. The zero-order valence-electron chi connectivity index (χ0n) is 13.4. The monoisotopic (exact) mass is 348 g/mol. The lowest BCUT2D eigenvalue weighted by Crippen LogP contribution is -2.60. The highest BCUT2D eigenvalue weighted by Gasteiger charge is 2.47. The summed E-state index contributed by atoms with van der Waals surface area (Å²) >= 11 is 6.02. The Labute approximate surface area is 145 Å². The number of rotatable bonds is 1. The van der Waals surface area contributed by atoms with Crippen LogP contribution in [0.25, 0.3) is 10.9 Å². The topological polar surface area (TPSA) is 65.8 Å². The average Bonchev–Trinajstić information content (AvgIpc) is 2.60. The lowest BCUT2D eigenvalue weighted by atomic mass is 9.80. The molecule has 2 fully saturated rings. The number of hydrogen-bond donors (Lipinski definition) is 2. The lowest BCUT2D eigenvalue weighted by Gasteiger charge is -2.48. The molecule has 24 heavy (non-hydrogen) atoms. The molecule has 1 aromatic heterocycles. The maximum absolute atomic E-state index is 10.4. The van der Waals surface area contributed by atoms with E-state index in [2.05, 4.69) is 4.90 Å². The highest BCUT2D eigenvalue weighted by molar-refractivity contribution is 6.31. The maximum Gasteiger partial charge on any atom is 0.129 e. The predicted octanol–water partition coefficient (Wildman–Crippen LogP) is 2.37. The summed E-state index contributed by atoms with van der Waals surface area (Å²) in [4.78, 5) is 6.93. The second-order valence-corrected chi connectivity index (χ2v) is 7.14. The number of aliphatic hydroxyl groups is 2. The first kappa shape index (κ1) is 16.1. The molecule has 2 atom stereocenters. The van der Waals surface area contributed by atoms with Crippen molar-refractivity contribution in [3.63, 3.8) is 0 Å². The molecule has 1 spiro atoms. The van der Waals surface area contributed by atoms with E-state index < -0.39 is 17.8 Å². The number of benzene rings is 1. The van der Waals surface area contributed by atoms with Gasteiger partial charge < -0.3 is 19.8 Å². The number of halogens is 1. The second kappa shape index (κ2) is 6.15. The molecule has 2 aliphatic rings. The van der Waals surface area contributed by atoms with Crippen LogP contribution in [-0.4, -0.2) is 52.7 Å². The fraction of sp³-hybridized carbons (Fsp3) is 0.500. The van der Waals surface area contributed by atoms with Crippen molar-refractivity contribution >= 4 is 28.3 Å². The van der Waals surface area contributed by atoms with Gasteiger partial charge in [0.05, 0.1) is 23.8 Å². The SMILES string of the molecule is O[C@H]1CCOC2(CCN(c3ccc4cc(Cl)ccc4n3)CC2)[C@H]1O. The average molecular weight is 349 g/mol. The summed E-state index contributed by atoms with van der Waals surface area (Å²) in [5.41, 5.74) is 0.306. The third-order valence-corrected chi connectivity index (χ3v) is 5.51. The first-order chi connectivity index (χ1) is 11.6. The van der Waals surface area contributed by atoms with E-state index in [0.29, 0.717) is 30.9 Å². The summed E-state index contributed by atoms with van der Waals surface area (Å²) in [5.74, 6) is 0.922. The van der Waals surface area contributed by atoms with E-state index in [9.17, 15) is 10.2 Å². The van der Waals surface area contributed by atoms with Crippen LogP contribution < -0.4 is 4.90 Å². The number of aromatic nitrogens is 1. The molecular formula is C18H21ClN2O3. The molecule has 0 unspecified atom stereocenters. The quantitative estimate of drug-likeness (QED) is 0.828. The van der Waals surface area contributed by atoms with Crippen molar-refractivity contribution in [2.24, 2.45) is 0 Å². The number of fused-ring (bicyclic) bond motifs is 1. The number of hydrogen-bond acceptors (Lipinski definition) is 5. The molecule has 0 amide bonds. The predicted molar refractivity (Wildman–Crippen MR) is 93.5 cm³/mol. The van der Waals surface area contributed by atoms with Crippen molar-refractivity contribution in [1.82, 2.24) is 4.98 Å². The van der Waals surface area contributed by atoms with Crippen LogP contribution in [0.2, 0.25) is 5.02 Å². The Balaban J connectivity index is 1.52. The minimum absolute atomic E-state index is 0.501. The number of anilines is 1. The van der Waals surface area contributed by atoms with E-state index in [1.54, 1.807) is 0 Å². The summed E-state index contributed by atoms with van der Waals surface area (Å²) in [5, 5.41) is 22.0. The molecular weight excluding hydrogens is 328 g/mol. The number of ether oxygens (including phenoxy) is 1. The number of piperidine rings is 1. The Bertz CT molecular complexity index is 746. The van der Waals surface area contributed by atoms with Crippen LogP contribution in [-0.2, 0) is 4.74 Å². The molecule has 2 saturated heterocycles. The maximum atomic E-state index is 10.4. The van der Waals surface area contributed by atoms with Crippen molar-refractivity contribution in [3.8, 4) is 0 Å². The zero-order chi connectivity index (χ0) is 16.7. The van der Waals surface area contributed by atoms with Gasteiger partial charge in [0.15, 0.2) is 0 Å². The Morgan fingerprint density at radius 2 is 1.96 bits per heavy atom. The van der Waals surface area contributed by atoms with Crippen LogP contribution in [0, 0.1) is 0 Å². The van der Waals surface area contributed by atoms with Gasteiger partial charge in [0, 0.05) is 23.5 Å².